The van der Waals surface area contributed by atoms with Gasteiger partial charge in [0.1, 0.15) is 0 Å². The highest BCUT2D eigenvalue weighted by molar-refractivity contribution is 6.04. The molecule has 0 spiro atoms. The fourth-order valence-corrected chi connectivity index (χ4v) is 5.60. The minimum atomic E-state index is -0.321. The molecule has 0 bridgehead atoms. The van der Waals surface area contributed by atoms with Crippen LogP contribution in [-0.2, 0) is 16.1 Å². The predicted octanol–water partition coefficient (Wildman–Crippen LogP) is 3.53. The molecule has 2 N–H and O–H groups in total. The third kappa shape index (κ3) is 6.15. The maximum atomic E-state index is 13.2. The van der Waals surface area contributed by atoms with Gasteiger partial charge in [-0.3, -0.25) is 24.6 Å². The number of rotatable bonds is 8. The molecular formula is C30H35N7O3. The Balaban J connectivity index is 1.39. The summed E-state index contributed by atoms with van der Waals surface area (Å²) >= 11 is 0. The number of benzene rings is 2. The van der Waals surface area contributed by atoms with Crippen LogP contribution in [-0.4, -0.2) is 65.4 Å². The number of fused-ring (bicyclic) bond motifs is 1. The van der Waals surface area contributed by atoms with Gasteiger partial charge >= 0.3 is 0 Å². The van der Waals surface area contributed by atoms with Crippen LogP contribution in [0.1, 0.15) is 54.4 Å². The number of anilines is 2. The lowest BCUT2D eigenvalue weighted by molar-refractivity contribution is -0.124. The molecule has 1 saturated heterocycles. The molecule has 2 heterocycles. The van der Waals surface area contributed by atoms with Gasteiger partial charge < -0.3 is 14.8 Å². The number of hydrogen-bond donors (Lipinski definition) is 2. The first kappa shape index (κ1) is 27.3. The van der Waals surface area contributed by atoms with E-state index in [1.807, 2.05) is 29.8 Å². The van der Waals surface area contributed by atoms with Crippen LogP contribution in [0.15, 0.2) is 42.5 Å². The van der Waals surface area contributed by atoms with Crippen molar-refractivity contribution in [2.45, 2.75) is 45.1 Å². The first-order valence-corrected chi connectivity index (χ1v) is 14.0. The van der Waals surface area contributed by atoms with E-state index in [4.69, 9.17) is 10.2 Å². The Kier molecular flexibility index (Phi) is 8.41. The Morgan fingerprint density at radius 2 is 1.90 bits per heavy atom. The Labute approximate surface area is 233 Å². The average Bonchev–Trinajstić information content (AvgIpc) is 3.32. The predicted molar refractivity (Wildman–Crippen MR) is 153 cm³/mol. The second-order valence-electron chi connectivity index (χ2n) is 10.6. The molecule has 5 rings (SSSR count). The van der Waals surface area contributed by atoms with Gasteiger partial charge in [0.05, 0.1) is 29.2 Å². The molecule has 0 unspecified atom stereocenters. The zero-order valence-corrected chi connectivity index (χ0v) is 22.9. The van der Waals surface area contributed by atoms with E-state index in [2.05, 4.69) is 21.6 Å². The van der Waals surface area contributed by atoms with Crippen molar-refractivity contribution in [2.75, 3.05) is 43.4 Å². The molecule has 40 heavy (non-hydrogen) atoms. The van der Waals surface area contributed by atoms with Crippen LogP contribution < -0.4 is 15.5 Å². The number of nitriles is 1. The number of carbonyl (C=O) groups excluding carboxylic acids is 3. The summed E-state index contributed by atoms with van der Waals surface area (Å²) in [6.45, 7) is 3.18. The number of carbonyl (C=O) groups is 3. The quantitative estimate of drug-likeness (QED) is 0.450. The van der Waals surface area contributed by atoms with Crippen molar-refractivity contribution in [3.05, 3.63) is 53.6 Å². The summed E-state index contributed by atoms with van der Waals surface area (Å²) in [5.41, 5.74) is 3.23. The van der Waals surface area contributed by atoms with Crippen molar-refractivity contribution in [3.8, 4) is 6.07 Å². The number of amides is 3. The van der Waals surface area contributed by atoms with E-state index in [-0.39, 0.29) is 23.6 Å². The minimum absolute atomic E-state index is 0.0362. The number of nitrogens with zero attached hydrogens (tertiary/aromatic N) is 5. The molecule has 3 aromatic rings. The zero-order chi connectivity index (χ0) is 28.1. The van der Waals surface area contributed by atoms with E-state index in [1.54, 1.807) is 29.2 Å². The molecule has 10 nitrogen and oxygen atoms in total. The van der Waals surface area contributed by atoms with Crippen LogP contribution in [0.2, 0.25) is 0 Å². The summed E-state index contributed by atoms with van der Waals surface area (Å²) in [7, 11) is 1.82. The summed E-state index contributed by atoms with van der Waals surface area (Å²) in [4.78, 5) is 46.6. The molecule has 1 aliphatic carbocycles. The maximum absolute atomic E-state index is 13.2. The second kappa shape index (κ2) is 12.3. The summed E-state index contributed by atoms with van der Waals surface area (Å²) in [5.74, 6) is 0.330. The summed E-state index contributed by atoms with van der Waals surface area (Å²) in [6.07, 6.45) is 6.02. The van der Waals surface area contributed by atoms with E-state index in [9.17, 15) is 14.4 Å². The maximum Gasteiger partial charge on any atom is 0.257 e. The monoisotopic (exact) mass is 541 g/mol. The lowest BCUT2D eigenvalue weighted by atomic mass is 9.88. The lowest BCUT2D eigenvalue weighted by Crippen LogP contribution is -2.47. The molecule has 1 aromatic heterocycles. The zero-order valence-electron chi connectivity index (χ0n) is 22.9. The first-order valence-electron chi connectivity index (χ1n) is 14.0. The molecule has 10 heteroatoms. The standard InChI is InChI=1S/C30H35N7O3/c1-35(29(40)23-6-3-2-4-7-23)24-12-13-26-25(18-24)33-30(34-28(39)22-10-8-21(19-31)9-11-22)37(26)16-5-15-36-17-14-32-27(38)20-36/h8-13,18,23H,2-7,14-17,20H2,1H3,(H,32,38)(H,33,34,39). The van der Waals surface area contributed by atoms with Crippen LogP contribution >= 0.6 is 0 Å². The highest BCUT2D eigenvalue weighted by Crippen LogP contribution is 2.29. The molecule has 1 aliphatic heterocycles. The number of nitrogens with one attached hydrogen (secondary N) is 2. The summed E-state index contributed by atoms with van der Waals surface area (Å²) in [6, 6.07) is 14.3. The Bertz CT molecular complexity index is 1430. The van der Waals surface area contributed by atoms with Crippen molar-refractivity contribution < 1.29 is 14.4 Å². The van der Waals surface area contributed by atoms with Gasteiger partial charge in [-0.1, -0.05) is 19.3 Å². The Morgan fingerprint density at radius 1 is 1.12 bits per heavy atom. The first-order chi connectivity index (χ1) is 19.4. The van der Waals surface area contributed by atoms with E-state index in [0.29, 0.717) is 42.2 Å². The van der Waals surface area contributed by atoms with Gasteiger partial charge in [-0.05, 0) is 61.7 Å². The molecule has 0 radical (unpaired) electrons. The van der Waals surface area contributed by atoms with Gasteiger partial charge in [-0.25, -0.2) is 4.98 Å². The van der Waals surface area contributed by atoms with Crippen LogP contribution in [0.3, 0.4) is 0 Å². The lowest BCUT2D eigenvalue weighted by Gasteiger charge is -2.26. The van der Waals surface area contributed by atoms with Gasteiger partial charge in [0.15, 0.2) is 0 Å². The number of imidazole rings is 1. The third-order valence-corrected chi connectivity index (χ3v) is 7.88. The molecule has 1 saturated carbocycles. The van der Waals surface area contributed by atoms with E-state index in [1.165, 1.54) is 6.42 Å². The van der Waals surface area contributed by atoms with Crippen molar-refractivity contribution in [3.63, 3.8) is 0 Å². The number of aryl methyl sites for hydroxylation is 1. The summed E-state index contributed by atoms with van der Waals surface area (Å²) in [5, 5.41) is 14.9. The van der Waals surface area contributed by atoms with Crippen LogP contribution in [0, 0.1) is 17.2 Å². The molecule has 208 valence electrons. The van der Waals surface area contributed by atoms with Crippen LogP contribution in [0.25, 0.3) is 11.0 Å². The molecule has 2 fully saturated rings. The Morgan fingerprint density at radius 3 is 2.62 bits per heavy atom. The van der Waals surface area contributed by atoms with Crippen LogP contribution in [0.4, 0.5) is 11.6 Å². The van der Waals surface area contributed by atoms with Crippen molar-refractivity contribution >= 4 is 40.4 Å². The van der Waals surface area contributed by atoms with Crippen LogP contribution in [0.5, 0.6) is 0 Å². The van der Waals surface area contributed by atoms with Gasteiger partial charge in [-0.2, -0.15) is 5.26 Å². The van der Waals surface area contributed by atoms with E-state index in [0.717, 1.165) is 56.4 Å². The normalized spacial score (nSPS) is 16.4. The van der Waals surface area contributed by atoms with E-state index < -0.39 is 0 Å². The number of hydrogen-bond acceptors (Lipinski definition) is 6. The van der Waals surface area contributed by atoms with Gasteiger partial charge in [0.25, 0.3) is 5.91 Å². The largest absolute Gasteiger partial charge is 0.354 e. The van der Waals surface area contributed by atoms with Gasteiger partial charge in [-0.15, -0.1) is 0 Å². The minimum Gasteiger partial charge on any atom is -0.354 e. The molecule has 2 aliphatic rings. The number of aromatic nitrogens is 2. The second-order valence-corrected chi connectivity index (χ2v) is 10.6. The topological polar surface area (TPSA) is 123 Å². The number of piperazine rings is 1. The highest BCUT2D eigenvalue weighted by Gasteiger charge is 2.25. The van der Waals surface area contributed by atoms with Crippen molar-refractivity contribution in [2.24, 2.45) is 5.92 Å². The smallest absolute Gasteiger partial charge is 0.257 e. The molecule has 3 amide bonds. The highest BCUT2D eigenvalue weighted by atomic mass is 16.2. The third-order valence-electron chi connectivity index (χ3n) is 7.88. The molecule has 0 atom stereocenters. The van der Waals surface area contributed by atoms with E-state index >= 15 is 0 Å². The fraction of sp³-hybridized carbons (Fsp3) is 0.433. The Hall–Kier alpha value is -4.23. The fourth-order valence-electron chi connectivity index (χ4n) is 5.60. The van der Waals surface area contributed by atoms with Gasteiger partial charge in [0, 0.05) is 50.4 Å². The molecular weight excluding hydrogens is 506 g/mol. The SMILES string of the molecule is CN(C(=O)C1CCCCC1)c1ccc2c(c1)nc(NC(=O)c1ccc(C#N)cc1)n2CCCN1CCNC(=O)C1. The van der Waals surface area contributed by atoms with Crippen molar-refractivity contribution in [1.82, 2.24) is 19.8 Å². The molecule has 2 aromatic carbocycles. The van der Waals surface area contributed by atoms with Gasteiger partial charge in [0.2, 0.25) is 17.8 Å². The van der Waals surface area contributed by atoms with Crippen molar-refractivity contribution in [1.29, 1.82) is 5.26 Å². The summed E-state index contributed by atoms with van der Waals surface area (Å²) < 4.78 is 1.98. The average molecular weight is 542 g/mol.